The molecule has 4 aromatic rings. The van der Waals surface area contributed by atoms with Crippen LogP contribution in [0.5, 0.6) is 0 Å². The Labute approximate surface area is 148 Å². The van der Waals surface area contributed by atoms with Crippen molar-refractivity contribution in [2.75, 3.05) is 5.32 Å². The molecule has 0 fully saturated rings. The van der Waals surface area contributed by atoms with Crippen LogP contribution >= 0.6 is 0 Å². The molecule has 2 aromatic carbocycles. The highest BCUT2D eigenvalue weighted by Crippen LogP contribution is 2.11. The zero-order chi connectivity index (χ0) is 17.9. The van der Waals surface area contributed by atoms with Crippen molar-refractivity contribution in [2.24, 2.45) is 0 Å². The van der Waals surface area contributed by atoms with Crippen molar-refractivity contribution < 1.29 is 9.18 Å². The fraction of sp³-hybridized carbons (Fsp3) is 0.111. The lowest BCUT2D eigenvalue weighted by molar-refractivity contribution is -0.116. The molecule has 0 atom stereocenters. The van der Waals surface area contributed by atoms with Gasteiger partial charge in [0.05, 0.1) is 23.9 Å². The van der Waals surface area contributed by atoms with Gasteiger partial charge < -0.3 is 5.32 Å². The first-order valence-corrected chi connectivity index (χ1v) is 8.02. The Morgan fingerprint density at radius 1 is 1.15 bits per heavy atom. The zero-order valence-electron chi connectivity index (χ0n) is 13.7. The van der Waals surface area contributed by atoms with E-state index in [1.54, 1.807) is 27.8 Å². The predicted molar refractivity (Wildman–Crippen MR) is 93.9 cm³/mol. The first-order chi connectivity index (χ1) is 12.7. The Balaban J connectivity index is 1.41. The van der Waals surface area contributed by atoms with Crippen LogP contribution in [-0.2, 0) is 17.9 Å². The Morgan fingerprint density at radius 2 is 2.04 bits per heavy atom. The first kappa shape index (κ1) is 15.9. The van der Waals surface area contributed by atoms with Crippen LogP contribution in [0.2, 0.25) is 0 Å². The Bertz CT molecular complexity index is 1070. The molecule has 0 unspecified atom stereocenters. The number of hydrogen-bond acceptors (Lipinski definition) is 4. The average molecular weight is 350 g/mol. The van der Waals surface area contributed by atoms with Crippen LogP contribution in [0.1, 0.15) is 5.56 Å². The zero-order valence-corrected chi connectivity index (χ0v) is 13.7. The monoisotopic (exact) mass is 350 g/mol. The Kier molecular flexibility index (Phi) is 4.14. The summed E-state index contributed by atoms with van der Waals surface area (Å²) in [6.07, 6.45) is 3.25. The maximum Gasteiger partial charge on any atom is 0.246 e. The molecule has 0 aliphatic rings. The maximum atomic E-state index is 13.2. The lowest BCUT2D eigenvalue weighted by Gasteiger charge is -2.04. The average Bonchev–Trinajstić information content (AvgIpc) is 3.22. The summed E-state index contributed by atoms with van der Waals surface area (Å²) in [6.45, 7) is 0.469. The van der Waals surface area contributed by atoms with Crippen LogP contribution in [0.15, 0.2) is 60.9 Å². The van der Waals surface area contributed by atoms with E-state index in [2.05, 4.69) is 20.7 Å². The molecule has 130 valence electrons. The molecule has 0 radical (unpaired) electrons. The number of halogens is 1. The molecule has 0 aliphatic carbocycles. The largest absolute Gasteiger partial charge is 0.322 e. The summed E-state index contributed by atoms with van der Waals surface area (Å²) < 4.78 is 16.4. The van der Waals surface area contributed by atoms with Crippen molar-refractivity contribution in [3.8, 4) is 0 Å². The third-order valence-electron chi connectivity index (χ3n) is 3.86. The van der Waals surface area contributed by atoms with E-state index in [-0.39, 0.29) is 18.3 Å². The number of benzene rings is 2. The van der Waals surface area contributed by atoms with E-state index in [1.165, 1.54) is 12.1 Å². The number of carbonyl (C=O) groups is 1. The number of fused-ring (bicyclic) bond motifs is 1. The number of carbonyl (C=O) groups excluding carboxylic acids is 1. The normalized spacial score (nSPS) is 11.0. The summed E-state index contributed by atoms with van der Waals surface area (Å²) in [5.41, 5.74) is 2.89. The van der Waals surface area contributed by atoms with E-state index >= 15 is 0 Å². The van der Waals surface area contributed by atoms with Gasteiger partial charge in [0.15, 0.2) is 0 Å². The smallest absolute Gasteiger partial charge is 0.246 e. The molecule has 0 spiro atoms. The summed E-state index contributed by atoms with van der Waals surface area (Å²) in [5.74, 6) is -0.519. The standard InChI is InChI=1S/C18H15FN6O/c19-14-5-3-4-13(8-14)10-24-11-15(9-20-24)21-18(26)12-25-17-7-2-1-6-16(17)22-23-25/h1-9,11H,10,12H2,(H,21,26). The molecule has 2 heterocycles. The van der Waals surface area contributed by atoms with Gasteiger partial charge in [-0.3, -0.25) is 9.48 Å². The highest BCUT2D eigenvalue weighted by molar-refractivity contribution is 5.91. The summed E-state index contributed by atoms with van der Waals surface area (Å²) >= 11 is 0. The van der Waals surface area contributed by atoms with Crippen molar-refractivity contribution in [1.82, 2.24) is 24.8 Å². The van der Waals surface area contributed by atoms with Crippen molar-refractivity contribution in [1.29, 1.82) is 0 Å². The Morgan fingerprint density at radius 3 is 2.92 bits per heavy atom. The van der Waals surface area contributed by atoms with Gasteiger partial charge in [-0.25, -0.2) is 9.07 Å². The minimum absolute atomic E-state index is 0.0512. The molecular formula is C18H15FN6O. The number of para-hydroxylation sites is 1. The lowest BCUT2D eigenvalue weighted by atomic mass is 10.2. The number of anilines is 1. The molecule has 1 amide bonds. The van der Waals surface area contributed by atoms with Crippen LogP contribution < -0.4 is 5.32 Å². The van der Waals surface area contributed by atoms with E-state index in [1.807, 2.05) is 30.3 Å². The molecule has 0 saturated heterocycles. The second-order valence-electron chi connectivity index (χ2n) is 5.84. The van der Waals surface area contributed by atoms with Crippen molar-refractivity contribution in [2.45, 2.75) is 13.1 Å². The fourth-order valence-electron chi connectivity index (χ4n) is 2.71. The van der Waals surface area contributed by atoms with Crippen LogP contribution in [0, 0.1) is 5.82 Å². The Hall–Kier alpha value is -3.55. The molecular weight excluding hydrogens is 335 g/mol. The summed E-state index contributed by atoms with van der Waals surface area (Å²) in [6, 6.07) is 13.8. The molecule has 8 heteroatoms. The van der Waals surface area contributed by atoms with Gasteiger partial charge in [-0.15, -0.1) is 5.10 Å². The van der Waals surface area contributed by atoms with E-state index in [0.29, 0.717) is 12.2 Å². The molecule has 7 nitrogen and oxygen atoms in total. The van der Waals surface area contributed by atoms with Crippen molar-refractivity contribution in [3.05, 3.63) is 72.3 Å². The third kappa shape index (κ3) is 3.44. The third-order valence-corrected chi connectivity index (χ3v) is 3.86. The van der Waals surface area contributed by atoms with E-state index in [4.69, 9.17) is 0 Å². The summed E-state index contributed by atoms with van der Waals surface area (Å²) in [7, 11) is 0. The highest BCUT2D eigenvalue weighted by Gasteiger charge is 2.10. The number of nitrogens with zero attached hydrogens (tertiary/aromatic N) is 5. The molecule has 2 aromatic heterocycles. The molecule has 26 heavy (non-hydrogen) atoms. The van der Waals surface area contributed by atoms with Gasteiger partial charge in [-0.05, 0) is 29.8 Å². The van der Waals surface area contributed by atoms with Crippen LogP contribution in [0.4, 0.5) is 10.1 Å². The van der Waals surface area contributed by atoms with Crippen LogP contribution in [0.25, 0.3) is 11.0 Å². The highest BCUT2D eigenvalue weighted by atomic mass is 19.1. The topological polar surface area (TPSA) is 77.6 Å². The van der Waals surface area contributed by atoms with E-state index in [0.717, 1.165) is 16.6 Å². The van der Waals surface area contributed by atoms with Gasteiger partial charge in [0.1, 0.15) is 17.9 Å². The maximum absolute atomic E-state index is 13.2. The molecule has 0 saturated carbocycles. The quantitative estimate of drug-likeness (QED) is 0.600. The van der Waals surface area contributed by atoms with Crippen molar-refractivity contribution >= 4 is 22.6 Å². The fourth-order valence-corrected chi connectivity index (χ4v) is 2.71. The van der Waals surface area contributed by atoms with E-state index < -0.39 is 0 Å². The second-order valence-corrected chi connectivity index (χ2v) is 5.84. The minimum Gasteiger partial charge on any atom is -0.322 e. The first-order valence-electron chi connectivity index (χ1n) is 8.02. The van der Waals surface area contributed by atoms with Crippen LogP contribution in [0.3, 0.4) is 0 Å². The van der Waals surface area contributed by atoms with Gasteiger partial charge >= 0.3 is 0 Å². The van der Waals surface area contributed by atoms with Crippen LogP contribution in [-0.4, -0.2) is 30.7 Å². The summed E-state index contributed by atoms with van der Waals surface area (Å²) in [4.78, 5) is 12.2. The number of aromatic nitrogens is 5. The lowest BCUT2D eigenvalue weighted by Crippen LogP contribution is -2.19. The number of amides is 1. The van der Waals surface area contributed by atoms with Crippen molar-refractivity contribution in [3.63, 3.8) is 0 Å². The van der Waals surface area contributed by atoms with Gasteiger partial charge in [0.2, 0.25) is 5.91 Å². The molecule has 1 N–H and O–H groups in total. The van der Waals surface area contributed by atoms with Gasteiger partial charge in [0.25, 0.3) is 0 Å². The number of nitrogens with one attached hydrogen (secondary N) is 1. The molecule has 4 rings (SSSR count). The second kappa shape index (κ2) is 6.75. The van der Waals surface area contributed by atoms with Gasteiger partial charge in [0, 0.05) is 6.20 Å². The van der Waals surface area contributed by atoms with Gasteiger partial charge in [-0.2, -0.15) is 5.10 Å². The SMILES string of the molecule is O=C(Cn1nnc2ccccc21)Nc1cnn(Cc2cccc(F)c2)c1. The molecule has 0 bridgehead atoms. The molecule has 0 aliphatic heterocycles. The number of hydrogen-bond donors (Lipinski definition) is 1. The predicted octanol–water partition coefficient (Wildman–Crippen LogP) is 2.45. The van der Waals surface area contributed by atoms with Gasteiger partial charge in [-0.1, -0.05) is 29.5 Å². The number of rotatable bonds is 5. The minimum atomic E-state index is -0.289. The summed E-state index contributed by atoms with van der Waals surface area (Å²) in [5, 5.41) is 15.0. The van der Waals surface area contributed by atoms with E-state index in [9.17, 15) is 9.18 Å².